The smallest absolute Gasteiger partial charge is 0.364 e. The van der Waals surface area contributed by atoms with E-state index in [0.717, 1.165) is 5.52 Å². The van der Waals surface area contributed by atoms with Gasteiger partial charge in [-0.15, -0.1) is 0 Å². The van der Waals surface area contributed by atoms with E-state index in [9.17, 15) is 0 Å². The summed E-state index contributed by atoms with van der Waals surface area (Å²) in [6, 6.07) is 10.1. The SMILES string of the molecule is N#CBn1ccc2ccccc21. The summed E-state index contributed by atoms with van der Waals surface area (Å²) in [6.45, 7) is 0. The molecule has 0 amide bonds. The van der Waals surface area contributed by atoms with Crippen LogP contribution in [-0.2, 0) is 0 Å². The normalized spacial score (nSPS) is 9.58. The van der Waals surface area contributed by atoms with Crippen molar-refractivity contribution < 1.29 is 0 Å². The Kier molecular flexibility index (Phi) is 1.60. The summed E-state index contributed by atoms with van der Waals surface area (Å²) >= 11 is 0. The molecule has 3 heteroatoms. The van der Waals surface area contributed by atoms with Crippen molar-refractivity contribution in [3.05, 3.63) is 36.5 Å². The van der Waals surface area contributed by atoms with Gasteiger partial charge in [-0.3, -0.25) is 0 Å². The van der Waals surface area contributed by atoms with Crippen molar-refractivity contribution in [2.45, 2.75) is 0 Å². The zero-order valence-electron chi connectivity index (χ0n) is 6.57. The van der Waals surface area contributed by atoms with Crippen LogP contribution < -0.4 is 0 Å². The van der Waals surface area contributed by atoms with Crippen LogP contribution in [-0.4, -0.2) is 11.9 Å². The number of nitrogens with zero attached hydrogens (tertiary/aromatic N) is 2. The van der Waals surface area contributed by atoms with Crippen LogP contribution in [0.5, 0.6) is 0 Å². The predicted octanol–water partition coefficient (Wildman–Crippen LogP) is 1.32. The van der Waals surface area contributed by atoms with E-state index in [-0.39, 0.29) is 0 Å². The Morgan fingerprint density at radius 2 is 2.08 bits per heavy atom. The fourth-order valence-corrected chi connectivity index (χ4v) is 1.35. The molecule has 0 atom stereocenters. The van der Waals surface area contributed by atoms with Crippen molar-refractivity contribution in [3.63, 3.8) is 0 Å². The van der Waals surface area contributed by atoms with Gasteiger partial charge in [0.1, 0.15) is 0 Å². The molecule has 1 aromatic carbocycles. The Labute approximate surface area is 71.3 Å². The first-order valence-electron chi connectivity index (χ1n) is 3.82. The minimum Gasteiger partial charge on any atom is -0.381 e. The van der Waals surface area contributed by atoms with Crippen molar-refractivity contribution in [1.82, 2.24) is 4.48 Å². The Hall–Kier alpha value is -1.69. The molecule has 2 rings (SSSR count). The van der Waals surface area contributed by atoms with Gasteiger partial charge in [-0.1, -0.05) is 18.2 Å². The molecule has 2 aromatic rings. The molecule has 0 aliphatic heterocycles. The molecule has 0 radical (unpaired) electrons. The molecule has 0 saturated carbocycles. The number of benzene rings is 1. The molecule has 0 fully saturated rings. The van der Waals surface area contributed by atoms with Crippen LogP contribution in [0.3, 0.4) is 0 Å². The minimum absolute atomic E-state index is 0.424. The molecule has 0 saturated heterocycles. The molecule has 0 aliphatic rings. The average molecular weight is 154 g/mol. The van der Waals surface area contributed by atoms with Gasteiger partial charge in [0, 0.05) is 11.5 Å². The highest BCUT2D eigenvalue weighted by Gasteiger charge is 1.98. The van der Waals surface area contributed by atoms with Crippen LogP contribution in [0.4, 0.5) is 0 Å². The Bertz CT molecular complexity index is 439. The Morgan fingerprint density at radius 1 is 1.25 bits per heavy atom. The molecule has 0 bridgehead atoms. The van der Waals surface area contributed by atoms with Crippen LogP contribution >= 0.6 is 0 Å². The first kappa shape index (κ1) is 6.99. The first-order valence-corrected chi connectivity index (χ1v) is 3.82. The Morgan fingerprint density at radius 3 is 2.92 bits per heavy atom. The van der Waals surface area contributed by atoms with E-state index in [1.165, 1.54) is 5.39 Å². The van der Waals surface area contributed by atoms with Gasteiger partial charge in [-0.25, -0.2) is 5.26 Å². The molecular weight excluding hydrogens is 147 g/mol. The van der Waals surface area contributed by atoms with Gasteiger partial charge in [-0.2, -0.15) is 0 Å². The van der Waals surface area contributed by atoms with Gasteiger partial charge in [0.2, 0.25) is 0 Å². The average Bonchev–Trinajstić information content (AvgIpc) is 2.50. The highest BCUT2D eigenvalue weighted by Crippen LogP contribution is 2.13. The second-order valence-electron chi connectivity index (χ2n) is 2.66. The Balaban J connectivity index is 2.64. The summed E-state index contributed by atoms with van der Waals surface area (Å²) in [4.78, 5) is 0. The van der Waals surface area contributed by atoms with Gasteiger partial charge in [0.25, 0.3) is 0 Å². The summed E-state index contributed by atoms with van der Waals surface area (Å²) < 4.78 is 1.94. The number of fused-ring (bicyclic) bond motifs is 1. The van der Waals surface area contributed by atoms with Crippen molar-refractivity contribution >= 4 is 18.3 Å². The maximum absolute atomic E-state index is 8.53. The van der Waals surface area contributed by atoms with Crippen molar-refractivity contribution in [3.8, 4) is 5.97 Å². The summed E-state index contributed by atoms with van der Waals surface area (Å²) in [5.74, 6) is 2.13. The van der Waals surface area contributed by atoms with Crippen LogP contribution in [0.15, 0.2) is 36.5 Å². The molecule has 2 nitrogen and oxygen atoms in total. The fourth-order valence-electron chi connectivity index (χ4n) is 1.35. The summed E-state index contributed by atoms with van der Waals surface area (Å²) in [5.41, 5.74) is 1.12. The lowest BCUT2D eigenvalue weighted by atomic mass is 9.98. The highest BCUT2D eigenvalue weighted by atomic mass is 14.9. The molecule has 1 heterocycles. The molecular formula is C9H7BN2. The molecule has 56 valence electrons. The minimum atomic E-state index is 0.424. The third kappa shape index (κ3) is 0.979. The van der Waals surface area contributed by atoms with Crippen LogP contribution in [0.1, 0.15) is 0 Å². The number of nitriles is 1. The lowest BCUT2D eigenvalue weighted by Gasteiger charge is -1.95. The van der Waals surface area contributed by atoms with E-state index in [2.05, 4.69) is 5.97 Å². The number of hydrogen-bond donors (Lipinski definition) is 0. The van der Waals surface area contributed by atoms with Crippen molar-refractivity contribution in [2.75, 3.05) is 0 Å². The third-order valence-electron chi connectivity index (χ3n) is 1.92. The zero-order chi connectivity index (χ0) is 8.39. The standard InChI is InChI=1S/C9H7BN2/c11-7-10-12-6-5-8-3-1-2-4-9(8)12/h1-6,10H. The monoisotopic (exact) mass is 154 g/mol. The van der Waals surface area contributed by atoms with Gasteiger partial charge < -0.3 is 4.48 Å². The number of rotatable bonds is 1. The van der Waals surface area contributed by atoms with E-state index in [0.29, 0.717) is 7.41 Å². The second-order valence-corrected chi connectivity index (χ2v) is 2.66. The summed E-state index contributed by atoms with van der Waals surface area (Å²) in [5, 5.41) is 9.71. The largest absolute Gasteiger partial charge is 0.381 e. The predicted molar refractivity (Wildman–Crippen MR) is 50.1 cm³/mol. The van der Waals surface area contributed by atoms with E-state index < -0.39 is 0 Å². The van der Waals surface area contributed by atoms with E-state index in [1.807, 2.05) is 41.0 Å². The maximum atomic E-state index is 8.53. The van der Waals surface area contributed by atoms with E-state index in [4.69, 9.17) is 5.26 Å². The van der Waals surface area contributed by atoms with Crippen molar-refractivity contribution in [2.24, 2.45) is 0 Å². The number of aromatic nitrogens is 1. The molecule has 1 aromatic heterocycles. The fraction of sp³-hybridized carbons (Fsp3) is 0. The molecule has 0 N–H and O–H groups in total. The van der Waals surface area contributed by atoms with Crippen LogP contribution in [0.25, 0.3) is 10.9 Å². The lowest BCUT2D eigenvalue weighted by Crippen LogP contribution is -2.00. The molecule has 12 heavy (non-hydrogen) atoms. The van der Waals surface area contributed by atoms with Gasteiger partial charge in [0.15, 0.2) is 0 Å². The van der Waals surface area contributed by atoms with E-state index >= 15 is 0 Å². The molecule has 0 aliphatic carbocycles. The second kappa shape index (κ2) is 2.75. The van der Waals surface area contributed by atoms with Crippen molar-refractivity contribution in [1.29, 1.82) is 5.26 Å². The van der Waals surface area contributed by atoms with Crippen LogP contribution in [0, 0.1) is 11.2 Å². The van der Waals surface area contributed by atoms with Crippen LogP contribution in [0.2, 0.25) is 0 Å². The lowest BCUT2D eigenvalue weighted by molar-refractivity contribution is 1.30. The third-order valence-corrected chi connectivity index (χ3v) is 1.92. The topological polar surface area (TPSA) is 28.7 Å². The zero-order valence-corrected chi connectivity index (χ0v) is 6.57. The summed E-state index contributed by atoms with van der Waals surface area (Å²) in [7, 11) is 0.424. The maximum Gasteiger partial charge on any atom is 0.364 e. The summed E-state index contributed by atoms with van der Waals surface area (Å²) in [6.07, 6.45) is 1.94. The number of para-hydroxylation sites is 1. The van der Waals surface area contributed by atoms with Gasteiger partial charge >= 0.3 is 7.41 Å². The molecule has 0 spiro atoms. The van der Waals surface area contributed by atoms with E-state index in [1.54, 1.807) is 0 Å². The quantitative estimate of drug-likeness (QED) is 0.569. The number of hydrogen-bond acceptors (Lipinski definition) is 1. The molecule has 0 unspecified atom stereocenters. The highest BCUT2D eigenvalue weighted by molar-refractivity contribution is 6.44. The van der Waals surface area contributed by atoms with Gasteiger partial charge in [0.05, 0.1) is 0 Å². The first-order chi connectivity index (χ1) is 5.92. The van der Waals surface area contributed by atoms with Gasteiger partial charge in [-0.05, 0) is 23.7 Å².